The van der Waals surface area contributed by atoms with Gasteiger partial charge in [0.15, 0.2) is 0 Å². The molecule has 0 radical (unpaired) electrons. The summed E-state index contributed by atoms with van der Waals surface area (Å²) in [5, 5.41) is 0. The largest absolute Gasteiger partial charge is 0.330 e. The van der Waals surface area contributed by atoms with E-state index in [9.17, 15) is 4.57 Å². The van der Waals surface area contributed by atoms with Gasteiger partial charge in [-0.1, -0.05) is 76.9 Å². The lowest BCUT2D eigenvalue weighted by molar-refractivity contribution is 0.304. The fraction of sp³-hybridized carbons (Fsp3) is 0.905. The van der Waals surface area contributed by atoms with E-state index in [1.165, 1.54) is 83.5 Å². The molecule has 0 aliphatic rings. The Morgan fingerprint density at radius 3 is 1.76 bits per heavy atom. The molecule has 1 atom stereocenters. The van der Waals surface area contributed by atoms with Crippen LogP contribution >= 0.6 is 8.03 Å². The molecule has 150 valence electrons. The highest BCUT2D eigenvalue weighted by molar-refractivity contribution is 7.39. The van der Waals surface area contributed by atoms with Gasteiger partial charge in [0, 0.05) is 0 Å². The maximum atomic E-state index is 11.5. The van der Waals surface area contributed by atoms with Crippen molar-refractivity contribution in [3.63, 3.8) is 0 Å². The molecule has 0 amide bonds. The molecule has 0 fully saturated rings. The summed E-state index contributed by atoms with van der Waals surface area (Å²) in [7, 11) is 2.01. The third-order valence-corrected chi connectivity index (χ3v) is 5.78. The SMILES string of the molecule is CCCCCCCC/C=C\CCCCCCCCO[PH](=O)CN(C)C. The minimum atomic E-state index is -1.84. The second kappa shape index (κ2) is 20.2. The number of hydrogen-bond donors (Lipinski definition) is 0. The van der Waals surface area contributed by atoms with Crippen molar-refractivity contribution in [2.75, 3.05) is 27.0 Å². The van der Waals surface area contributed by atoms with Crippen molar-refractivity contribution in [2.45, 2.75) is 96.8 Å². The Morgan fingerprint density at radius 2 is 1.24 bits per heavy atom. The van der Waals surface area contributed by atoms with Crippen molar-refractivity contribution < 1.29 is 9.09 Å². The minimum absolute atomic E-state index is 0.567. The maximum absolute atomic E-state index is 11.5. The normalized spacial score (nSPS) is 13.1. The molecule has 0 saturated carbocycles. The Morgan fingerprint density at radius 1 is 0.760 bits per heavy atom. The van der Waals surface area contributed by atoms with Gasteiger partial charge in [-0.05, 0) is 46.2 Å². The highest BCUT2D eigenvalue weighted by atomic mass is 31.1. The van der Waals surface area contributed by atoms with Crippen molar-refractivity contribution in [1.82, 2.24) is 4.90 Å². The molecule has 0 aliphatic heterocycles. The van der Waals surface area contributed by atoms with Crippen LogP contribution in [0.25, 0.3) is 0 Å². The summed E-state index contributed by atoms with van der Waals surface area (Å²) in [4.78, 5) is 1.92. The number of nitrogens with zero attached hydrogens (tertiary/aromatic N) is 1. The molecular weight excluding hydrogens is 329 g/mol. The standard InChI is InChI=1S/C21H44NO2P/c1-4-5-6-7-8-9-10-11-12-13-14-15-16-17-18-19-20-24-25(23)21-22(2)3/h11-12,25H,4-10,13-21H2,1-3H3/b12-11-. The number of hydrogen-bond acceptors (Lipinski definition) is 3. The molecule has 0 N–H and O–H groups in total. The van der Waals surface area contributed by atoms with Crippen molar-refractivity contribution in [2.24, 2.45) is 0 Å². The van der Waals surface area contributed by atoms with Gasteiger partial charge in [0.1, 0.15) is 0 Å². The maximum Gasteiger partial charge on any atom is 0.205 e. The van der Waals surface area contributed by atoms with E-state index in [1.54, 1.807) is 0 Å². The average molecular weight is 374 g/mol. The zero-order valence-electron chi connectivity index (χ0n) is 17.2. The van der Waals surface area contributed by atoms with E-state index in [0.717, 1.165) is 6.42 Å². The lowest BCUT2D eigenvalue weighted by Gasteiger charge is -2.09. The zero-order chi connectivity index (χ0) is 18.6. The lowest BCUT2D eigenvalue weighted by atomic mass is 10.1. The van der Waals surface area contributed by atoms with Gasteiger partial charge in [0.05, 0.1) is 12.9 Å². The van der Waals surface area contributed by atoms with E-state index in [-0.39, 0.29) is 0 Å². The van der Waals surface area contributed by atoms with Crippen LogP contribution in [-0.2, 0) is 9.09 Å². The topological polar surface area (TPSA) is 29.5 Å². The van der Waals surface area contributed by atoms with Gasteiger partial charge in [0.2, 0.25) is 8.03 Å². The monoisotopic (exact) mass is 373 g/mol. The molecule has 0 rings (SSSR count). The van der Waals surface area contributed by atoms with Crippen molar-refractivity contribution in [3.05, 3.63) is 12.2 Å². The third-order valence-electron chi connectivity index (χ3n) is 4.36. The molecule has 4 heteroatoms. The van der Waals surface area contributed by atoms with E-state index in [2.05, 4.69) is 19.1 Å². The zero-order valence-corrected chi connectivity index (χ0v) is 18.2. The van der Waals surface area contributed by atoms with Gasteiger partial charge in [-0.2, -0.15) is 0 Å². The van der Waals surface area contributed by atoms with Gasteiger partial charge in [0.25, 0.3) is 0 Å². The Balaban J connectivity index is 3.16. The molecular formula is C21H44NO2P. The smallest absolute Gasteiger partial charge is 0.205 e. The first-order valence-electron chi connectivity index (χ1n) is 10.6. The second-order valence-electron chi connectivity index (χ2n) is 7.40. The first-order chi connectivity index (χ1) is 12.2. The van der Waals surface area contributed by atoms with Crippen LogP contribution in [0.3, 0.4) is 0 Å². The van der Waals surface area contributed by atoms with Crippen LogP contribution in [0.1, 0.15) is 96.8 Å². The summed E-state index contributed by atoms with van der Waals surface area (Å²) in [6.07, 6.45) is 23.7. The van der Waals surface area contributed by atoms with Crippen LogP contribution in [0, 0.1) is 0 Å². The van der Waals surface area contributed by atoms with Gasteiger partial charge < -0.3 is 9.42 Å². The summed E-state index contributed by atoms with van der Waals surface area (Å²) in [5.41, 5.74) is 0. The fourth-order valence-electron chi connectivity index (χ4n) is 2.84. The number of rotatable bonds is 19. The lowest BCUT2D eigenvalue weighted by Crippen LogP contribution is -2.10. The molecule has 1 unspecified atom stereocenters. The molecule has 0 heterocycles. The summed E-state index contributed by atoms with van der Waals surface area (Å²) in [6, 6.07) is 0. The van der Waals surface area contributed by atoms with E-state index < -0.39 is 8.03 Å². The molecule has 3 nitrogen and oxygen atoms in total. The molecule has 0 spiro atoms. The third kappa shape index (κ3) is 21.8. The van der Waals surface area contributed by atoms with Crippen LogP contribution in [0.2, 0.25) is 0 Å². The Kier molecular flexibility index (Phi) is 20.1. The van der Waals surface area contributed by atoms with E-state index >= 15 is 0 Å². The van der Waals surface area contributed by atoms with Crippen molar-refractivity contribution >= 4 is 8.03 Å². The van der Waals surface area contributed by atoms with Crippen LogP contribution < -0.4 is 0 Å². The predicted molar refractivity (Wildman–Crippen MR) is 113 cm³/mol. The molecule has 0 aliphatic carbocycles. The summed E-state index contributed by atoms with van der Waals surface area (Å²) >= 11 is 0. The van der Waals surface area contributed by atoms with E-state index in [4.69, 9.17) is 4.52 Å². The second-order valence-corrected chi connectivity index (χ2v) is 8.75. The van der Waals surface area contributed by atoms with Gasteiger partial charge in [-0.15, -0.1) is 0 Å². The van der Waals surface area contributed by atoms with Crippen LogP contribution in [0.5, 0.6) is 0 Å². The molecule has 0 bridgehead atoms. The average Bonchev–Trinajstić information content (AvgIpc) is 2.57. The minimum Gasteiger partial charge on any atom is -0.330 e. The Bertz CT molecular complexity index is 319. The fourth-order valence-corrected chi connectivity index (χ4v) is 3.82. The highest BCUT2D eigenvalue weighted by Gasteiger charge is 2.00. The number of unbranched alkanes of at least 4 members (excludes halogenated alkanes) is 12. The predicted octanol–water partition coefficient (Wildman–Crippen LogP) is 7.03. The highest BCUT2D eigenvalue weighted by Crippen LogP contribution is 2.22. The van der Waals surface area contributed by atoms with Crippen molar-refractivity contribution in [1.29, 1.82) is 0 Å². The number of allylic oxidation sites excluding steroid dienone is 2. The summed E-state index contributed by atoms with van der Waals surface area (Å²) in [6.45, 7) is 2.93. The molecule has 0 aromatic heterocycles. The Labute approximate surface area is 158 Å². The summed E-state index contributed by atoms with van der Waals surface area (Å²) in [5.74, 6) is 0. The summed E-state index contributed by atoms with van der Waals surface area (Å²) < 4.78 is 16.9. The first-order valence-corrected chi connectivity index (χ1v) is 12.1. The van der Waals surface area contributed by atoms with Crippen molar-refractivity contribution in [3.8, 4) is 0 Å². The molecule has 0 aromatic rings. The van der Waals surface area contributed by atoms with Crippen LogP contribution in [-0.4, -0.2) is 31.9 Å². The van der Waals surface area contributed by atoms with Gasteiger partial charge >= 0.3 is 0 Å². The van der Waals surface area contributed by atoms with Crippen LogP contribution in [0.15, 0.2) is 12.2 Å². The quantitative estimate of drug-likeness (QED) is 0.138. The molecule has 25 heavy (non-hydrogen) atoms. The first kappa shape index (κ1) is 24.9. The van der Waals surface area contributed by atoms with E-state index in [1.807, 2.05) is 19.0 Å². The Hall–Kier alpha value is -0.110. The van der Waals surface area contributed by atoms with Crippen LogP contribution in [0.4, 0.5) is 0 Å². The molecule has 0 saturated heterocycles. The van der Waals surface area contributed by atoms with E-state index in [0.29, 0.717) is 12.9 Å². The van der Waals surface area contributed by atoms with Gasteiger partial charge in [-0.3, -0.25) is 4.57 Å². The van der Waals surface area contributed by atoms with Gasteiger partial charge in [-0.25, -0.2) is 0 Å². The molecule has 0 aromatic carbocycles.